The van der Waals surface area contributed by atoms with Crippen molar-refractivity contribution in [2.24, 2.45) is 0 Å². The van der Waals surface area contributed by atoms with Gasteiger partial charge in [-0.1, -0.05) is 13.0 Å². The average Bonchev–Trinajstić information content (AvgIpc) is 2.37. The van der Waals surface area contributed by atoms with Crippen molar-refractivity contribution in [1.82, 2.24) is 5.32 Å². The van der Waals surface area contributed by atoms with Gasteiger partial charge in [-0.25, -0.2) is 0 Å². The molecule has 0 heterocycles. The van der Waals surface area contributed by atoms with Gasteiger partial charge in [0.1, 0.15) is 0 Å². The summed E-state index contributed by atoms with van der Waals surface area (Å²) in [5, 5.41) is 3.30. The molecule has 0 fully saturated rings. The molecule has 1 aromatic carbocycles. The van der Waals surface area contributed by atoms with Gasteiger partial charge in [-0.2, -0.15) is 13.2 Å². The van der Waals surface area contributed by atoms with Crippen molar-refractivity contribution in [1.29, 1.82) is 0 Å². The van der Waals surface area contributed by atoms with E-state index in [1.54, 1.807) is 20.1 Å². The highest BCUT2D eigenvalue weighted by atomic mass is 19.4. The van der Waals surface area contributed by atoms with Crippen LogP contribution in [0.4, 0.5) is 13.2 Å². The largest absolute Gasteiger partial charge is 0.416 e. The van der Waals surface area contributed by atoms with E-state index in [-0.39, 0.29) is 12.1 Å². The van der Waals surface area contributed by atoms with Crippen LogP contribution in [0.15, 0.2) is 18.2 Å². The minimum Gasteiger partial charge on any atom is -0.382 e. The topological polar surface area (TPSA) is 21.3 Å². The van der Waals surface area contributed by atoms with Crippen LogP contribution < -0.4 is 5.32 Å². The van der Waals surface area contributed by atoms with Crippen LogP contribution in [0.2, 0.25) is 0 Å². The maximum Gasteiger partial charge on any atom is 0.416 e. The van der Waals surface area contributed by atoms with Crippen molar-refractivity contribution in [2.75, 3.05) is 13.7 Å². The smallest absolute Gasteiger partial charge is 0.382 e. The molecular weight excluding hydrogens is 267 g/mol. The Balaban J connectivity index is 3.02. The Bertz CT molecular complexity index is 432. The second-order valence-corrected chi connectivity index (χ2v) is 4.96. The molecule has 0 aliphatic carbocycles. The lowest BCUT2D eigenvalue weighted by atomic mass is 9.95. The fourth-order valence-corrected chi connectivity index (χ4v) is 2.24. The van der Waals surface area contributed by atoms with E-state index in [0.29, 0.717) is 5.56 Å². The third-order valence-corrected chi connectivity index (χ3v) is 3.39. The zero-order valence-corrected chi connectivity index (χ0v) is 12.3. The van der Waals surface area contributed by atoms with Gasteiger partial charge in [0.25, 0.3) is 0 Å². The van der Waals surface area contributed by atoms with E-state index in [0.717, 1.165) is 24.6 Å². The number of halogens is 3. The second kappa shape index (κ2) is 7.09. The minimum absolute atomic E-state index is 0.00256. The maximum absolute atomic E-state index is 12.7. The van der Waals surface area contributed by atoms with E-state index >= 15 is 0 Å². The van der Waals surface area contributed by atoms with Gasteiger partial charge in [-0.3, -0.25) is 0 Å². The number of alkyl halides is 3. The van der Waals surface area contributed by atoms with Gasteiger partial charge in [0.15, 0.2) is 0 Å². The molecule has 0 aliphatic rings. The lowest BCUT2D eigenvalue weighted by Crippen LogP contribution is -2.26. The molecule has 0 spiro atoms. The number of nitrogens with one attached hydrogen (secondary N) is 1. The van der Waals surface area contributed by atoms with Crippen molar-refractivity contribution in [3.63, 3.8) is 0 Å². The van der Waals surface area contributed by atoms with E-state index in [1.807, 2.05) is 13.8 Å². The predicted molar refractivity (Wildman–Crippen MR) is 73.7 cm³/mol. The second-order valence-electron chi connectivity index (χ2n) is 4.96. The zero-order valence-electron chi connectivity index (χ0n) is 12.3. The molecule has 0 bridgehead atoms. The molecule has 1 aromatic rings. The first-order valence-electron chi connectivity index (χ1n) is 6.73. The van der Waals surface area contributed by atoms with E-state index in [9.17, 15) is 13.2 Å². The maximum atomic E-state index is 12.7. The number of aryl methyl sites for hydroxylation is 1. The summed E-state index contributed by atoms with van der Waals surface area (Å²) in [5.41, 5.74) is 0.937. The molecule has 0 radical (unpaired) electrons. The van der Waals surface area contributed by atoms with Crippen LogP contribution >= 0.6 is 0 Å². The lowest BCUT2D eigenvalue weighted by molar-refractivity contribution is -0.137. The van der Waals surface area contributed by atoms with Crippen LogP contribution in [0.5, 0.6) is 0 Å². The van der Waals surface area contributed by atoms with Gasteiger partial charge in [-0.05, 0) is 50.1 Å². The van der Waals surface area contributed by atoms with Gasteiger partial charge in [-0.15, -0.1) is 0 Å². The van der Waals surface area contributed by atoms with Crippen LogP contribution in [0.25, 0.3) is 0 Å². The highest BCUT2D eigenvalue weighted by Gasteiger charge is 2.31. The fourth-order valence-electron chi connectivity index (χ4n) is 2.24. The third-order valence-electron chi connectivity index (χ3n) is 3.39. The zero-order chi connectivity index (χ0) is 15.3. The van der Waals surface area contributed by atoms with Gasteiger partial charge in [0.05, 0.1) is 11.7 Å². The van der Waals surface area contributed by atoms with Crippen LogP contribution in [0.1, 0.15) is 43.0 Å². The van der Waals surface area contributed by atoms with E-state index in [1.165, 1.54) is 6.07 Å². The van der Waals surface area contributed by atoms with Crippen LogP contribution in [0.3, 0.4) is 0 Å². The van der Waals surface area contributed by atoms with Gasteiger partial charge in [0.2, 0.25) is 0 Å². The molecular formula is C15H22F3NO. The van der Waals surface area contributed by atoms with Crippen molar-refractivity contribution >= 4 is 0 Å². The summed E-state index contributed by atoms with van der Waals surface area (Å²) >= 11 is 0. The van der Waals surface area contributed by atoms with Crippen LogP contribution in [-0.4, -0.2) is 19.8 Å². The molecule has 5 heteroatoms. The Kier molecular flexibility index (Phi) is 6.02. The Morgan fingerprint density at radius 1 is 1.30 bits per heavy atom. The monoisotopic (exact) mass is 289 g/mol. The van der Waals surface area contributed by atoms with E-state index in [4.69, 9.17) is 4.74 Å². The molecule has 1 rings (SSSR count). The Morgan fingerprint density at radius 2 is 1.95 bits per heavy atom. The van der Waals surface area contributed by atoms with Crippen molar-refractivity contribution in [3.05, 3.63) is 34.9 Å². The van der Waals surface area contributed by atoms with Gasteiger partial charge < -0.3 is 10.1 Å². The molecule has 0 saturated heterocycles. The SMILES string of the molecule is CCNC(CC(C)OC)c1ccc(C(F)(F)F)cc1C. The Hall–Kier alpha value is -1.07. The first-order chi connectivity index (χ1) is 9.29. The molecule has 0 aromatic heterocycles. The summed E-state index contributed by atoms with van der Waals surface area (Å²) in [6.07, 6.45) is -3.53. The first-order valence-corrected chi connectivity index (χ1v) is 6.73. The molecule has 1 N–H and O–H groups in total. The van der Waals surface area contributed by atoms with Crippen molar-refractivity contribution in [2.45, 2.75) is 45.5 Å². The highest BCUT2D eigenvalue weighted by Crippen LogP contribution is 2.32. The summed E-state index contributed by atoms with van der Waals surface area (Å²) in [6, 6.07) is 3.91. The molecule has 0 aliphatic heterocycles. The first kappa shape index (κ1) is 17.0. The summed E-state index contributed by atoms with van der Waals surface area (Å²) in [7, 11) is 1.63. The molecule has 2 atom stereocenters. The van der Waals surface area contributed by atoms with Gasteiger partial charge in [0, 0.05) is 13.2 Å². The molecule has 2 nitrogen and oxygen atoms in total. The van der Waals surface area contributed by atoms with Crippen molar-refractivity contribution in [3.8, 4) is 0 Å². The summed E-state index contributed by atoms with van der Waals surface area (Å²) in [4.78, 5) is 0. The molecule has 20 heavy (non-hydrogen) atoms. The summed E-state index contributed by atoms with van der Waals surface area (Å²) in [5.74, 6) is 0. The number of methoxy groups -OCH3 is 1. The minimum atomic E-state index is -4.29. The normalized spacial score (nSPS) is 15.2. The van der Waals surface area contributed by atoms with Crippen LogP contribution in [-0.2, 0) is 10.9 Å². The number of hydrogen-bond donors (Lipinski definition) is 1. The summed E-state index contributed by atoms with van der Waals surface area (Å²) < 4.78 is 43.3. The third kappa shape index (κ3) is 4.49. The molecule has 0 amide bonds. The number of hydrogen-bond acceptors (Lipinski definition) is 2. The molecule has 0 saturated carbocycles. The quantitative estimate of drug-likeness (QED) is 0.851. The number of benzene rings is 1. The van der Waals surface area contributed by atoms with Crippen molar-refractivity contribution < 1.29 is 17.9 Å². The Morgan fingerprint density at radius 3 is 2.40 bits per heavy atom. The highest BCUT2D eigenvalue weighted by molar-refractivity contribution is 5.34. The average molecular weight is 289 g/mol. The molecule has 2 unspecified atom stereocenters. The number of rotatable bonds is 6. The Labute approximate surface area is 118 Å². The van der Waals surface area contributed by atoms with E-state index < -0.39 is 11.7 Å². The number of ether oxygens (including phenoxy) is 1. The predicted octanol–water partition coefficient (Wildman–Crippen LogP) is 4.09. The molecule has 114 valence electrons. The van der Waals surface area contributed by atoms with Gasteiger partial charge >= 0.3 is 6.18 Å². The van der Waals surface area contributed by atoms with Crippen LogP contribution in [0, 0.1) is 6.92 Å². The summed E-state index contributed by atoms with van der Waals surface area (Å²) in [6.45, 7) is 6.39. The van der Waals surface area contributed by atoms with E-state index in [2.05, 4.69) is 5.32 Å². The lowest BCUT2D eigenvalue weighted by Gasteiger charge is -2.24. The standard InChI is InChI=1S/C15H22F3NO/c1-5-19-14(9-11(3)20-4)13-7-6-12(8-10(13)2)15(16,17)18/h6-8,11,14,19H,5,9H2,1-4H3. The fraction of sp³-hybridized carbons (Fsp3) is 0.600.